The van der Waals surface area contributed by atoms with Crippen molar-refractivity contribution >= 4 is 22.3 Å². The molecule has 8 atom stereocenters. The lowest BCUT2D eigenvalue weighted by atomic mass is 9.37. The number of fused-ring (bicyclic) bond motifs is 7. The van der Waals surface area contributed by atoms with Gasteiger partial charge in [-0.25, -0.2) is 4.79 Å². The van der Waals surface area contributed by atoms with Crippen molar-refractivity contribution < 1.29 is 14.1 Å². The number of rotatable bonds is 6. The van der Waals surface area contributed by atoms with Crippen LogP contribution in [0.2, 0.25) is 0 Å². The summed E-state index contributed by atoms with van der Waals surface area (Å²) in [6.07, 6.45) is 16.1. The van der Waals surface area contributed by atoms with Crippen LogP contribution in [0.5, 0.6) is 0 Å². The fourth-order valence-electron chi connectivity index (χ4n) is 12.8. The summed E-state index contributed by atoms with van der Waals surface area (Å²) in [4.78, 5) is 14.0. The molecule has 5 aliphatic carbocycles. The van der Waals surface area contributed by atoms with Crippen LogP contribution in [0.3, 0.4) is 0 Å². The highest BCUT2D eigenvalue weighted by molar-refractivity contribution is 7.85. The van der Waals surface area contributed by atoms with Gasteiger partial charge in [0, 0.05) is 54.0 Å². The first-order valence-electron chi connectivity index (χ1n) is 19.8. The van der Waals surface area contributed by atoms with Gasteiger partial charge in [-0.3, -0.25) is 4.21 Å². The number of hydrogen-bond donors (Lipinski definition) is 2. The van der Waals surface area contributed by atoms with E-state index >= 15 is 0 Å². The van der Waals surface area contributed by atoms with Crippen molar-refractivity contribution in [1.29, 1.82) is 0 Å². The molecule has 0 spiro atoms. The first-order chi connectivity index (χ1) is 23.0. The molecule has 1 heterocycles. The van der Waals surface area contributed by atoms with Gasteiger partial charge in [-0.2, -0.15) is 0 Å². The van der Waals surface area contributed by atoms with Gasteiger partial charge in [-0.05, 0) is 127 Å². The number of carbonyl (C=O) groups is 1. The first-order valence-corrected chi connectivity index (χ1v) is 21.3. The number of aromatic carboxylic acids is 1. The number of benzene rings is 1. The summed E-state index contributed by atoms with van der Waals surface area (Å²) >= 11 is 0. The summed E-state index contributed by atoms with van der Waals surface area (Å²) in [5.41, 5.74) is 4.15. The number of carboxylic acid groups (broad SMARTS) is 1. The Morgan fingerprint density at radius 1 is 0.854 bits per heavy atom. The maximum Gasteiger partial charge on any atom is 0.335 e. The van der Waals surface area contributed by atoms with Gasteiger partial charge in [0.2, 0.25) is 0 Å². The Labute approximate surface area is 295 Å². The maximum atomic E-state index is 11.8. The van der Waals surface area contributed by atoms with E-state index in [2.05, 4.69) is 44.0 Å². The van der Waals surface area contributed by atoms with Crippen LogP contribution in [0.25, 0.3) is 5.57 Å². The predicted octanol–water partition coefficient (Wildman–Crippen LogP) is 9.30. The number of nitrogens with one attached hydrogen (secondary N) is 1. The molecular weight excluding hydrogens is 613 g/mol. The molecule has 1 aromatic carbocycles. The summed E-state index contributed by atoms with van der Waals surface area (Å²) < 4.78 is 11.8. The van der Waals surface area contributed by atoms with Crippen molar-refractivity contribution in [2.75, 3.05) is 37.7 Å². The van der Waals surface area contributed by atoms with E-state index in [1.54, 1.807) is 12.1 Å². The number of hydrogen-bond acceptors (Lipinski definition) is 4. The third kappa shape index (κ3) is 6.54. The fourth-order valence-corrected chi connectivity index (χ4v) is 13.9. The summed E-state index contributed by atoms with van der Waals surface area (Å²) in [5.74, 6) is 4.82. The normalized spacial score (nSPS) is 38.8. The van der Waals surface area contributed by atoms with E-state index in [-0.39, 0.29) is 5.41 Å². The molecule has 0 aromatic heterocycles. The van der Waals surface area contributed by atoms with Crippen molar-refractivity contribution in [2.45, 2.75) is 125 Å². The second-order valence-corrected chi connectivity index (χ2v) is 18.4. The number of allylic oxidation sites excluding steroid dienone is 2. The Morgan fingerprint density at radius 3 is 2.21 bits per heavy atom. The summed E-state index contributed by atoms with van der Waals surface area (Å²) in [6.45, 7) is 22.5. The van der Waals surface area contributed by atoms with Crippen molar-refractivity contribution in [3.63, 3.8) is 0 Å². The van der Waals surface area contributed by atoms with Crippen molar-refractivity contribution in [2.24, 2.45) is 45.8 Å². The molecule has 1 aromatic rings. The zero-order chi connectivity index (χ0) is 34.9. The molecule has 6 heteroatoms. The van der Waals surface area contributed by atoms with E-state index in [0.717, 1.165) is 67.8 Å². The Hall–Kier alpha value is -1.50. The van der Waals surface area contributed by atoms with Gasteiger partial charge in [0.05, 0.1) is 5.56 Å². The molecule has 7 unspecified atom stereocenters. The Bertz CT molecular complexity index is 1310. The molecule has 0 amide bonds. The molecule has 1 aliphatic heterocycles. The summed E-state index contributed by atoms with van der Waals surface area (Å²) in [6, 6.07) is 7.63. The molecule has 5 fully saturated rings. The van der Waals surface area contributed by atoms with Crippen LogP contribution < -0.4 is 5.32 Å². The second kappa shape index (κ2) is 15.0. The molecule has 7 rings (SSSR count). The van der Waals surface area contributed by atoms with Crippen LogP contribution in [0.15, 0.2) is 30.3 Å². The Balaban J connectivity index is 0.00000109. The molecule has 1 saturated heterocycles. The van der Waals surface area contributed by atoms with Gasteiger partial charge < -0.3 is 15.3 Å². The van der Waals surface area contributed by atoms with E-state index in [1.165, 1.54) is 68.9 Å². The van der Waals surface area contributed by atoms with Crippen LogP contribution >= 0.6 is 0 Å². The molecule has 6 aliphatic rings. The van der Waals surface area contributed by atoms with E-state index in [9.17, 15) is 14.1 Å². The lowest BCUT2D eigenvalue weighted by Gasteiger charge is -2.68. The SMILES string of the molecule is CC.CC.CC1(C)C(c2ccc(C(=O)O)cc2)=CCC2(C)C1CCC1(C)C3CCC4(NCCN5CCS(=O)CC5)CCC[C@@H]4C3CCC12. The predicted molar refractivity (Wildman–Crippen MR) is 203 cm³/mol. The minimum atomic E-state index is -0.853. The van der Waals surface area contributed by atoms with Gasteiger partial charge in [0.15, 0.2) is 0 Å². The molecule has 48 heavy (non-hydrogen) atoms. The molecule has 270 valence electrons. The van der Waals surface area contributed by atoms with Gasteiger partial charge >= 0.3 is 5.97 Å². The number of carboxylic acids is 1. The Kier molecular flexibility index (Phi) is 11.8. The average molecular weight is 681 g/mol. The molecule has 0 bridgehead atoms. The van der Waals surface area contributed by atoms with E-state index in [4.69, 9.17) is 0 Å². The zero-order valence-electron chi connectivity index (χ0n) is 31.7. The van der Waals surface area contributed by atoms with Gasteiger partial charge in [-0.1, -0.05) is 80.0 Å². The molecule has 4 saturated carbocycles. The first kappa shape index (κ1) is 37.7. The lowest BCUT2D eigenvalue weighted by Crippen LogP contribution is -2.63. The van der Waals surface area contributed by atoms with Crippen molar-refractivity contribution in [3.8, 4) is 0 Å². The highest BCUT2D eigenvalue weighted by atomic mass is 32.2. The van der Waals surface area contributed by atoms with E-state index in [0.29, 0.717) is 27.9 Å². The lowest BCUT2D eigenvalue weighted by molar-refractivity contribution is -0.172. The van der Waals surface area contributed by atoms with Crippen LogP contribution in [-0.4, -0.2) is 63.4 Å². The topological polar surface area (TPSA) is 69.6 Å². The monoisotopic (exact) mass is 680 g/mol. The minimum absolute atomic E-state index is 0.0659. The van der Waals surface area contributed by atoms with Crippen molar-refractivity contribution in [1.82, 2.24) is 10.2 Å². The fraction of sp³-hybridized carbons (Fsp3) is 0.786. The highest BCUT2D eigenvalue weighted by Crippen LogP contribution is 2.72. The number of nitrogens with zero attached hydrogens (tertiary/aromatic N) is 1. The van der Waals surface area contributed by atoms with Crippen LogP contribution in [0, 0.1) is 45.8 Å². The van der Waals surface area contributed by atoms with Gasteiger partial charge in [0.25, 0.3) is 0 Å². The van der Waals surface area contributed by atoms with E-state index in [1.807, 2.05) is 39.8 Å². The largest absolute Gasteiger partial charge is 0.478 e. The maximum absolute atomic E-state index is 11.8. The Morgan fingerprint density at radius 2 is 1.54 bits per heavy atom. The van der Waals surface area contributed by atoms with Crippen molar-refractivity contribution in [3.05, 3.63) is 41.5 Å². The molecule has 5 nitrogen and oxygen atoms in total. The van der Waals surface area contributed by atoms with Gasteiger partial charge in [-0.15, -0.1) is 0 Å². The molecular formula is C42H68N2O3S. The third-order valence-electron chi connectivity index (χ3n) is 14.7. The van der Waals surface area contributed by atoms with Gasteiger partial charge in [0.1, 0.15) is 0 Å². The second-order valence-electron chi connectivity index (χ2n) is 16.7. The average Bonchev–Trinajstić information content (AvgIpc) is 3.52. The zero-order valence-corrected chi connectivity index (χ0v) is 32.5. The minimum Gasteiger partial charge on any atom is -0.478 e. The quantitative estimate of drug-likeness (QED) is 0.314. The molecule has 0 radical (unpaired) electrons. The highest BCUT2D eigenvalue weighted by Gasteiger charge is 2.65. The standard InChI is InChI=1S/C38H56N2O3S.2C2H6/c1-35(2)29(26-7-9-27(10-8-26)34(41)42)13-17-37(4)32(35)15-18-36(3)30-14-19-38(39-20-21-40-22-24-44(43)25-23-40)16-5-6-31(38)28(30)11-12-33(36)37;2*1-2/h7-10,13,28,30-33,39H,5-6,11-12,14-25H2,1-4H3,(H,41,42);2*1-2H3/t28?,30?,31-,32?,33?,36?,37?,38?;;/m1../s1. The smallest absolute Gasteiger partial charge is 0.335 e. The van der Waals surface area contributed by atoms with Crippen LogP contribution in [-0.2, 0) is 10.8 Å². The van der Waals surface area contributed by atoms with Crippen LogP contribution in [0.1, 0.15) is 136 Å². The molecule has 2 N–H and O–H groups in total. The van der Waals surface area contributed by atoms with Crippen LogP contribution in [0.4, 0.5) is 0 Å². The third-order valence-corrected chi connectivity index (χ3v) is 16.0. The van der Waals surface area contributed by atoms with E-state index < -0.39 is 16.8 Å². The summed E-state index contributed by atoms with van der Waals surface area (Å²) in [7, 11) is -0.595. The summed E-state index contributed by atoms with van der Waals surface area (Å²) in [5, 5.41) is 13.6.